The fraction of sp³-hybridized carbons (Fsp3) is 0.154. The first-order chi connectivity index (χ1) is 9.78. The minimum atomic E-state index is -0.860. The number of alkyl halides is 1. The number of ether oxygens (including phenoxy) is 1. The van der Waals surface area contributed by atoms with Gasteiger partial charge in [0.1, 0.15) is 22.1 Å². The molecular weight excluding hydrogens is 279 g/mol. The van der Waals surface area contributed by atoms with Crippen molar-refractivity contribution in [3.05, 3.63) is 35.3 Å². The number of rotatable bonds is 4. The highest BCUT2D eigenvalue weighted by Gasteiger charge is 2.15. The van der Waals surface area contributed by atoms with Gasteiger partial charge in [0.05, 0.1) is 0 Å². The molecule has 1 aromatic carbocycles. The van der Waals surface area contributed by atoms with Gasteiger partial charge in [0, 0.05) is 16.6 Å². The van der Waals surface area contributed by atoms with Gasteiger partial charge < -0.3 is 4.74 Å². The molecule has 0 aliphatic rings. The molecule has 0 atom stereocenters. The molecule has 5 nitrogen and oxygen atoms in total. The van der Waals surface area contributed by atoms with Gasteiger partial charge in [0.25, 0.3) is 0 Å². The molecule has 2 heterocycles. The summed E-state index contributed by atoms with van der Waals surface area (Å²) in [7, 11) is 0. The molecule has 0 aliphatic heterocycles. The predicted molar refractivity (Wildman–Crippen MR) is 74.3 cm³/mol. The van der Waals surface area contributed by atoms with E-state index in [2.05, 4.69) is 20.4 Å². The molecule has 20 heavy (non-hydrogen) atoms. The zero-order valence-electron chi connectivity index (χ0n) is 10.6. The third-order valence-electron chi connectivity index (χ3n) is 2.70. The maximum absolute atomic E-state index is 12.2. The summed E-state index contributed by atoms with van der Waals surface area (Å²) in [4.78, 5) is 4.40. The van der Waals surface area contributed by atoms with Crippen molar-refractivity contribution >= 4 is 11.3 Å². The quantitative estimate of drug-likeness (QED) is 0.801. The fourth-order valence-corrected chi connectivity index (χ4v) is 2.63. The molecule has 0 unspecified atom stereocenters. The molecule has 1 N–H and O–H groups in total. The minimum Gasteiger partial charge on any atom is -0.463 e. The Morgan fingerprint density at radius 3 is 2.90 bits per heavy atom. The monoisotopic (exact) mass is 290 g/mol. The number of benzene rings is 1. The standard InChI is InChI=1S/C13H11FN4OS/c1-8-6-20-13(15-8)12-11(16-18-17-12)9-3-2-4-10(5-9)19-7-14/h2-6H,7H2,1H3,(H,16,17,18). The minimum absolute atomic E-state index is 0.453. The SMILES string of the molecule is Cc1csc(-c2n[nH]nc2-c2cccc(OCF)c2)n1. The lowest BCUT2D eigenvalue weighted by molar-refractivity contribution is 0.192. The molecule has 0 fully saturated rings. The summed E-state index contributed by atoms with van der Waals surface area (Å²) in [6.45, 7) is 1.07. The highest BCUT2D eigenvalue weighted by molar-refractivity contribution is 7.13. The molecule has 2 aromatic heterocycles. The summed E-state index contributed by atoms with van der Waals surface area (Å²) in [5.74, 6) is 0.453. The highest BCUT2D eigenvalue weighted by atomic mass is 32.1. The van der Waals surface area contributed by atoms with E-state index in [1.54, 1.807) is 18.2 Å². The van der Waals surface area contributed by atoms with Gasteiger partial charge in [-0.15, -0.1) is 11.3 Å². The van der Waals surface area contributed by atoms with Gasteiger partial charge in [0.2, 0.25) is 6.86 Å². The molecule has 0 aliphatic carbocycles. The Hall–Kier alpha value is -2.28. The number of aryl methyl sites for hydroxylation is 1. The third-order valence-corrected chi connectivity index (χ3v) is 3.67. The van der Waals surface area contributed by atoms with Crippen molar-refractivity contribution in [2.24, 2.45) is 0 Å². The van der Waals surface area contributed by atoms with Crippen molar-refractivity contribution in [1.29, 1.82) is 0 Å². The first-order valence-corrected chi connectivity index (χ1v) is 6.78. The normalized spacial score (nSPS) is 10.7. The molecule has 3 aromatic rings. The van der Waals surface area contributed by atoms with Gasteiger partial charge in [0.15, 0.2) is 0 Å². The Bertz CT molecular complexity index is 724. The molecule has 0 bridgehead atoms. The van der Waals surface area contributed by atoms with E-state index in [4.69, 9.17) is 4.74 Å². The Morgan fingerprint density at radius 2 is 2.15 bits per heavy atom. The predicted octanol–water partition coefficient (Wildman–Crippen LogP) is 3.21. The number of hydrogen-bond acceptors (Lipinski definition) is 5. The Labute approximate surface area is 118 Å². The molecule has 0 radical (unpaired) electrons. The summed E-state index contributed by atoms with van der Waals surface area (Å²) in [5, 5.41) is 13.7. The van der Waals surface area contributed by atoms with E-state index in [9.17, 15) is 4.39 Å². The second-order valence-electron chi connectivity index (χ2n) is 4.10. The van der Waals surface area contributed by atoms with E-state index in [0.717, 1.165) is 16.3 Å². The zero-order chi connectivity index (χ0) is 13.9. The van der Waals surface area contributed by atoms with E-state index < -0.39 is 6.86 Å². The smallest absolute Gasteiger partial charge is 0.228 e. The second-order valence-corrected chi connectivity index (χ2v) is 4.95. The zero-order valence-corrected chi connectivity index (χ0v) is 11.4. The number of nitrogens with zero attached hydrogens (tertiary/aromatic N) is 3. The van der Waals surface area contributed by atoms with Crippen molar-refractivity contribution in [3.63, 3.8) is 0 Å². The van der Waals surface area contributed by atoms with Crippen molar-refractivity contribution < 1.29 is 9.13 Å². The maximum Gasteiger partial charge on any atom is 0.228 e. The van der Waals surface area contributed by atoms with Crippen LogP contribution in [0.3, 0.4) is 0 Å². The number of aromatic nitrogens is 4. The number of halogens is 1. The van der Waals surface area contributed by atoms with Crippen LogP contribution in [0, 0.1) is 6.92 Å². The summed E-state index contributed by atoms with van der Waals surface area (Å²) in [6, 6.07) is 7.07. The van der Waals surface area contributed by atoms with E-state index in [1.165, 1.54) is 11.3 Å². The van der Waals surface area contributed by atoms with E-state index in [1.807, 2.05) is 18.4 Å². The van der Waals surface area contributed by atoms with Gasteiger partial charge in [-0.25, -0.2) is 9.37 Å². The number of hydrogen-bond donors (Lipinski definition) is 1. The first-order valence-electron chi connectivity index (χ1n) is 5.90. The van der Waals surface area contributed by atoms with Gasteiger partial charge in [-0.05, 0) is 19.1 Å². The lowest BCUT2D eigenvalue weighted by Gasteiger charge is -2.03. The van der Waals surface area contributed by atoms with Crippen LogP contribution in [0.15, 0.2) is 29.6 Å². The third kappa shape index (κ3) is 2.39. The highest BCUT2D eigenvalue weighted by Crippen LogP contribution is 2.31. The average molecular weight is 290 g/mol. The van der Waals surface area contributed by atoms with Crippen molar-refractivity contribution in [2.45, 2.75) is 6.92 Å². The average Bonchev–Trinajstić information content (AvgIpc) is 3.07. The number of H-pyrrole nitrogens is 1. The topological polar surface area (TPSA) is 63.7 Å². The van der Waals surface area contributed by atoms with Crippen LogP contribution in [0.2, 0.25) is 0 Å². The molecular formula is C13H11FN4OS. The van der Waals surface area contributed by atoms with E-state index >= 15 is 0 Å². The number of nitrogens with one attached hydrogen (secondary N) is 1. The van der Waals surface area contributed by atoms with Crippen LogP contribution in [-0.4, -0.2) is 27.3 Å². The van der Waals surface area contributed by atoms with E-state index in [0.29, 0.717) is 17.1 Å². The van der Waals surface area contributed by atoms with Crippen LogP contribution in [0.1, 0.15) is 5.69 Å². The van der Waals surface area contributed by atoms with E-state index in [-0.39, 0.29) is 0 Å². The molecule has 102 valence electrons. The largest absolute Gasteiger partial charge is 0.463 e. The molecule has 0 saturated carbocycles. The van der Waals surface area contributed by atoms with Crippen molar-refractivity contribution in [3.8, 4) is 27.7 Å². The van der Waals surface area contributed by atoms with Crippen LogP contribution in [0.4, 0.5) is 4.39 Å². The Balaban J connectivity index is 2.03. The summed E-state index contributed by atoms with van der Waals surface area (Å²) >= 11 is 1.51. The van der Waals surface area contributed by atoms with Gasteiger partial charge >= 0.3 is 0 Å². The fourth-order valence-electron chi connectivity index (χ4n) is 1.84. The van der Waals surface area contributed by atoms with Crippen LogP contribution in [-0.2, 0) is 0 Å². The van der Waals surface area contributed by atoms with Gasteiger partial charge in [-0.2, -0.15) is 15.4 Å². The van der Waals surface area contributed by atoms with Crippen molar-refractivity contribution in [1.82, 2.24) is 20.4 Å². The number of aromatic amines is 1. The summed E-state index contributed by atoms with van der Waals surface area (Å²) < 4.78 is 17.1. The maximum atomic E-state index is 12.2. The Morgan fingerprint density at radius 1 is 1.30 bits per heavy atom. The van der Waals surface area contributed by atoms with Gasteiger partial charge in [-0.1, -0.05) is 12.1 Å². The lowest BCUT2D eigenvalue weighted by Crippen LogP contribution is -1.90. The van der Waals surface area contributed by atoms with Crippen LogP contribution >= 0.6 is 11.3 Å². The Kier molecular flexibility index (Phi) is 3.42. The number of thiazole rings is 1. The molecule has 0 saturated heterocycles. The van der Waals surface area contributed by atoms with Crippen LogP contribution < -0.4 is 4.74 Å². The molecule has 7 heteroatoms. The first kappa shape index (κ1) is 12.7. The second kappa shape index (κ2) is 5.38. The molecule has 0 spiro atoms. The van der Waals surface area contributed by atoms with Crippen molar-refractivity contribution in [2.75, 3.05) is 6.86 Å². The summed E-state index contributed by atoms with van der Waals surface area (Å²) in [5.41, 5.74) is 3.09. The van der Waals surface area contributed by atoms with Crippen LogP contribution in [0.25, 0.3) is 22.0 Å². The summed E-state index contributed by atoms with van der Waals surface area (Å²) in [6.07, 6.45) is 0. The lowest BCUT2D eigenvalue weighted by atomic mass is 10.1. The van der Waals surface area contributed by atoms with Crippen LogP contribution in [0.5, 0.6) is 5.75 Å². The van der Waals surface area contributed by atoms with Gasteiger partial charge in [-0.3, -0.25) is 0 Å². The molecule has 3 rings (SSSR count). The molecule has 0 amide bonds.